The van der Waals surface area contributed by atoms with Gasteiger partial charge in [-0.1, -0.05) is 102 Å². The first kappa shape index (κ1) is 53.2. The number of carbonyl (C=O) groups is 4. The van der Waals surface area contributed by atoms with E-state index in [9.17, 15) is 28.0 Å². The Morgan fingerprint density at radius 2 is 1.00 bits per heavy atom. The number of fused-ring (bicyclic) bond motifs is 4. The van der Waals surface area contributed by atoms with Gasteiger partial charge in [-0.3, -0.25) is 9.59 Å². The third-order valence-corrected chi connectivity index (χ3v) is 17.7. The van der Waals surface area contributed by atoms with Gasteiger partial charge in [0.2, 0.25) is 11.8 Å². The van der Waals surface area contributed by atoms with E-state index in [1.54, 1.807) is 0 Å². The minimum absolute atomic E-state index is 0.0472. The predicted octanol–water partition coefficient (Wildman–Crippen LogP) is 11.8. The molecule has 4 N–H and O–H groups in total. The van der Waals surface area contributed by atoms with Gasteiger partial charge in [0.25, 0.3) is 0 Å². The van der Waals surface area contributed by atoms with Crippen molar-refractivity contribution in [1.82, 2.24) is 40.4 Å². The number of benzene rings is 4. The fraction of sp³-hybridized carbons (Fsp3) is 0.516. The molecule has 4 amide bonds. The maximum atomic E-state index is 14.6. The molecule has 0 unspecified atom stereocenters. The molecule has 4 heterocycles. The number of amides is 4. The van der Waals surface area contributed by atoms with E-state index in [2.05, 4.69) is 93.4 Å². The number of aromatic amines is 2. The van der Waals surface area contributed by atoms with Crippen molar-refractivity contribution in [3.05, 3.63) is 107 Å². The number of alkyl carbamates (subject to hydrolysis) is 2. The summed E-state index contributed by atoms with van der Waals surface area (Å²) in [6.07, 6.45) is 11.6. The molecule has 2 aliphatic heterocycles. The van der Waals surface area contributed by atoms with Crippen molar-refractivity contribution in [2.45, 2.75) is 154 Å². The maximum absolute atomic E-state index is 14.6. The number of aryl methyl sites for hydroxylation is 4. The lowest BCUT2D eigenvalue weighted by molar-refractivity contribution is -0.139. The molecule has 2 saturated carbocycles. The SMILES string of the molecule is CC(C)[C@H](NC(=O)OCCF)C(=O)N1[C@H](c2nc3ccc(-c4cc5ccc4CCc4ccc(c(-c6ccc7nc([C@@H]8C[C@@H]9CCCC[C@@H]9N8C(=O)[C@@H](NC(=O)OCCF)C(C)C)[nH]c7c6)c4)CC5)cc3[nH]2)C[C@@H]2CCCC[C@@H]21. The van der Waals surface area contributed by atoms with Gasteiger partial charge in [-0.25, -0.2) is 28.3 Å². The largest absolute Gasteiger partial charge is 0.447 e. The highest BCUT2D eigenvalue weighted by atomic mass is 19.1. The maximum Gasteiger partial charge on any atom is 0.407 e. The fourth-order valence-electron chi connectivity index (χ4n) is 13.8. The van der Waals surface area contributed by atoms with Crippen LogP contribution in [0.1, 0.15) is 138 Å². The van der Waals surface area contributed by atoms with Crippen LogP contribution < -0.4 is 10.6 Å². The Morgan fingerprint density at radius 1 is 0.577 bits per heavy atom. The molecule has 14 nitrogen and oxygen atoms in total. The van der Waals surface area contributed by atoms with Gasteiger partial charge in [0, 0.05) is 12.1 Å². The number of alkyl halides is 2. The lowest BCUT2D eigenvalue weighted by Gasteiger charge is -2.36. The minimum atomic E-state index is -0.822. The van der Waals surface area contributed by atoms with Crippen molar-refractivity contribution >= 4 is 46.1 Å². The van der Waals surface area contributed by atoms with Gasteiger partial charge in [0.15, 0.2) is 0 Å². The molecule has 8 atom stereocenters. The Morgan fingerprint density at radius 3 is 1.41 bits per heavy atom. The zero-order chi connectivity index (χ0) is 54.2. The molecule has 78 heavy (non-hydrogen) atoms. The predicted molar refractivity (Wildman–Crippen MR) is 296 cm³/mol. The summed E-state index contributed by atoms with van der Waals surface area (Å²) in [6, 6.07) is 24.6. The van der Waals surface area contributed by atoms with Crippen molar-refractivity contribution < 1.29 is 37.4 Å². The molecule has 4 aromatic carbocycles. The molecule has 2 aromatic heterocycles. The van der Waals surface area contributed by atoms with Crippen molar-refractivity contribution in [2.75, 3.05) is 26.6 Å². The summed E-state index contributed by atoms with van der Waals surface area (Å²) in [6.45, 7) is 5.31. The Balaban J connectivity index is 0.835. The number of ether oxygens (including phenoxy) is 2. The molecule has 16 heteroatoms. The summed E-state index contributed by atoms with van der Waals surface area (Å²) in [5.41, 5.74) is 13.1. The molecule has 0 spiro atoms. The second-order valence-corrected chi connectivity index (χ2v) is 23.3. The number of hydrogen-bond donors (Lipinski definition) is 4. The molecule has 14 rings (SSSR count). The summed E-state index contributed by atoms with van der Waals surface area (Å²) in [4.78, 5) is 76.1. The summed E-state index contributed by atoms with van der Waals surface area (Å²) in [5, 5.41) is 5.51. The van der Waals surface area contributed by atoms with Crippen molar-refractivity contribution in [3.63, 3.8) is 0 Å². The second kappa shape index (κ2) is 22.9. The van der Waals surface area contributed by atoms with Crippen molar-refractivity contribution in [1.29, 1.82) is 0 Å². The van der Waals surface area contributed by atoms with Gasteiger partial charge in [-0.2, -0.15) is 0 Å². The Hall–Kier alpha value is -6.84. The summed E-state index contributed by atoms with van der Waals surface area (Å²) in [5.74, 6) is 1.45. The normalized spacial score (nSPS) is 22.8. The van der Waals surface area contributed by atoms with E-state index in [0.29, 0.717) is 11.8 Å². The number of likely N-dealkylation sites (tertiary alicyclic amines) is 2. The summed E-state index contributed by atoms with van der Waals surface area (Å²) in [7, 11) is 0. The third kappa shape index (κ3) is 10.7. The van der Waals surface area contributed by atoms with Crippen LogP contribution in [0.15, 0.2) is 72.8 Å². The first-order valence-corrected chi connectivity index (χ1v) is 28.7. The Kier molecular flexibility index (Phi) is 15.6. The average molecular weight is 1070 g/mol. The molecule has 2 saturated heterocycles. The van der Waals surface area contributed by atoms with Crippen LogP contribution in [0.25, 0.3) is 44.3 Å². The topological polar surface area (TPSA) is 175 Å². The molecule has 4 bridgehead atoms. The lowest BCUT2D eigenvalue weighted by atomic mass is 9.84. The van der Waals surface area contributed by atoms with Crippen LogP contribution in [-0.2, 0) is 44.7 Å². The molecule has 6 aliphatic carbocycles. The highest BCUT2D eigenvalue weighted by Crippen LogP contribution is 2.48. The van der Waals surface area contributed by atoms with E-state index in [1.165, 1.54) is 33.4 Å². The van der Waals surface area contributed by atoms with E-state index in [1.807, 2.05) is 37.5 Å². The molecular weight excluding hydrogens is 991 g/mol. The monoisotopic (exact) mass is 1060 g/mol. The summed E-state index contributed by atoms with van der Waals surface area (Å²) < 4.78 is 35.7. The van der Waals surface area contributed by atoms with Gasteiger partial charge in [0.05, 0.1) is 34.2 Å². The van der Waals surface area contributed by atoms with Crippen LogP contribution in [-0.4, -0.2) is 104 Å². The third-order valence-electron chi connectivity index (χ3n) is 17.7. The number of rotatable bonds is 14. The molecule has 4 fully saturated rings. The Labute approximate surface area is 455 Å². The van der Waals surface area contributed by atoms with Crippen molar-refractivity contribution in [2.24, 2.45) is 23.7 Å². The number of nitrogens with zero attached hydrogens (tertiary/aromatic N) is 4. The quantitative estimate of drug-likeness (QED) is 0.0834. The number of nitrogens with one attached hydrogen (secondary N) is 4. The Bertz CT molecular complexity index is 2980. The standard InChI is InChI=1S/C62H74F2N8O6/c1-35(2)55(69-61(75)77-27-25-63)59(73)71-51-11-7-5-9-43(51)33-53(71)57-65-47-23-21-41(31-49(47)67-57)45-29-37-13-17-39(45)19-15-38-14-18-40(20-16-37)46(30-38)42-22-24-48-50(32-42)68-58(66-48)54-34-44-10-6-8-12-52(44)72(54)60(74)56(36(3)4)70-62(76)78-28-26-64/h13-14,17-18,21-24,29-32,35-36,43-44,51-56H,5-12,15-16,19-20,25-28,33-34H2,1-4H3,(H,65,67)(H,66,68)(H,69,75)(H,70,76)/t43-,44-,51-,52-,53-,54-,55-,56-/m0/s1. The van der Waals surface area contributed by atoms with Crippen LogP contribution in [0.2, 0.25) is 0 Å². The van der Waals surface area contributed by atoms with E-state index in [-0.39, 0.29) is 61.0 Å². The molecule has 6 aromatic rings. The molecule has 412 valence electrons. The van der Waals surface area contributed by atoms with Crippen LogP contribution in [0.3, 0.4) is 0 Å². The summed E-state index contributed by atoms with van der Waals surface area (Å²) >= 11 is 0. The number of imidazole rings is 2. The lowest BCUT2D eigenvalue weighted by Crippen LogP contribution is -2.54. The fourth-order valence-corrected chi connectivity index (χ4v) is 13.8. The van der Waals surface area contributed by atoms with Gasteiger partial charge >= 0.3 is 12.2 Å². The number of hydrogen-bond acceptors (Lipinski definition) is 8. The first-order chi connectivity index (χ1) is 37.8. The van der Waals surface area contributed by atoms with Gasteiger partial charge < -0.3 is 39.9 Å². The smallest absolute Gasteiger partial charge is 0.407 e. The molecule has 0 radical (unpaired) electrons. The van der Waals surface area contributed by atoms with Crippen molar-refractivity contribution in [3.8, 4) is 22.3 Å². The highest BCUT2D eigenvalue weighted by molar-refractivity contribution is 5.89. The number of carbonyl (C=O) groups excluding carboxylic acids is 4. The van der Waals surface area contributed by atoms with Crippen LogP contribution in [0.5, 0.6) is 0 Å². The molecular formula is C62H74F2N8O6. The van der Waals surface area contributed by atoms with Gasteiger partial charge in [0.1, 0.15) is 50.3 Å². The number of halogens is 2. The van der Waals surface area contributed by atoms with Crippen LogP contribution in [0, 0.1) is 23.7 Å². The van der Waals surface area contributed by atoms with Gasteiger partial charge in [-0.05, 0) is 157 Å². The molecule has 8 aliphatic rings. The second-order valence-electron chi connectivity index (χ2n) is 23.3. The van der Waals surface area contributed by atoms with E-state index < -0.39 is 37.6 Å². The van der Waals surface area contributed by atoms with E-state index in [4.69, 9.17) is 19.4 Å². The first-order valence-electron chi connectivity index (χ1n) is 28.7. The van der Waals surface area contributed by atoms with Crippen LogP contribution >= 0.6 is 0 Å². The zero-order valence-corrected chi connectivity index (χ0v) is 45.4. The zero-order valence-electron chi connectivity index (χ0n) is 45.4. The average Bonchev–Trinajstić information content (AvgIpc) is 4.44. The van der Waals surface area contributed by atoms with Gasteiger partial charge in [-0.15, -0.1) is 0 Å². The number of H-pyrrole nitrogens is 2. The number of aromatic nitrogens is 4. The van der Waals surface area contributed by atoms with E-state index in [0.717, 1.165) is 135 Å². The van der Waals surface area contributed by atoms with Crippen LogP contribution in [0.4, 0.5) is 18.4 Å². The van der Waals surface area contributed by atoms with E-state index >= 15 is 0 Å². The minimum Gasteiger partial charge on any atom is -0.447 e. The highest BCUT2D eigenvalue weighted by Gasteiger charge is 2.50.